The highest BCUT2D eigenvalue weighted by atomic mass is 35.5. The van der Waals surface area contributed by atoms with Gasteiger partial charge in [-0.05, 0) is 47.7 Å². The molecule has 2 heterocycles. The lowest BCUT2D eigenvalue weighted by molar-refractivity contribution is -0.384. The molecule has 0 radical (unpaired) electrons. The first-order valence-corrected chi connectivity index (χ1v) is 11.1. The second-order valence-electron chi connectivity index (χ2n) is 9.04. The molecule has 10 heteroatoms. The second-order valence-corrected chi connectivity index (χ2v) is 9.88. The molecule has 2 aromatic carbocycles. The Morgan fingerprint density at radius 1 is 1.15 bits per heavy atom. The fraction of sp³-hybridized carbons (Fsp3) is 0.261. The molecular weight excluding hydrogens is 465 g/mol. The number of allylic oxidation sites excluding steroid dienone is 2. The van der Waals surface area contributed by atoms with Gasteiger partial charge in [-0.25, -0.2) is 4.68 Å². The lowest BCUT2D eigenvalue weighted by atomic mass is 9.73. The van der Waals surface area contributed by atoms with Crippen LogP contribution in [0.4, 0.5) is 11.6 Å². The van der Waals surface area contributed by atoms with E-state index in [1.54, 1.807) is 35.0 Å². The molecule has 1 N–H and O–H groups in total. The van der Waals surface area contributed by atoms with E-state index < -0.39 is 11.0 Å². The summed E-state index contributed by atoms with van der Waals surface area (Å²) < 4.78 is 1.65. The number of halogens is 2. The van der Waals surface area contributed by atoms with Gasteiger partial charge in [0, 0.05) is 40.4 Å². The van der Waals surface area contributed by atoms with Gasteiger partial charge in [-0.3, -0.25) is 14.9 Å². The van der Waals surface area contributed by atoms with Crippen LogP contribution in [0.15, 0.2) is 53.7 Å². The summed E-state index contributed by atoms with van der Waals surface area (Å²) in [4.78, 5) is 28.6. The minimum atomic E-state index is -0.562. The third-order valence-electron chi connectivity index (χ3n) is 5.92. The number of nitrogens with zero attached hydrogens (tertiary/aromatic N) is 4. The lowest BCUT2D eigenvalue weighted by Crippen LogP contribution is -2.36. The maximum absolute atomic E-state index is 13.3. The normalized spacial score (nSPS) is 19.0. The van der Waals surface area contributed by atoms with Crippen molar-refractivity contribution in [3.63, 3.8) is 0 Å². The molecule has 1 unspecified atom stereocenters. The zero-order valence-corrected chi connectivity index (χ0v) is 19.3. The SMILES string of the molecule is CC1(C)CC(=O)C2=C(C1)Nc1nc(-c3ccc(Cl)cc3Cl)nn1C2c1ccc([N+](=O)[O-])cc1. The number of anilines is 1. The van der Waals surface area contributed by atoms with Gasteiger partial charge in [0.15, 0.2) is 11.6 Å². The van der Waals surface area contributed by atoms with E-state index in [4.69, 9.17) is 23.2 Å². The fourth-order valence-electron chi connectivity index (χ4n) is 4.48. The van der Waals surface area contributed by atoms with Crippen molar-refractivity contribution >= 4 is 40.6 Å². The molecular formula is C23H19Cl2N5O3. The van der Waals surface area contributed by atoms with E-state index in [-0.39, 0.29) is 16.9 Å². The number of Topliss-reactive ketones (excluding diaryl/α,β-unsaturated/α-hetero) is 1. The molecule has 1 aliphatic heterocycles. The second kappa shape index (κ2) is 7.67. The van der Waals surface area contributed by atoms with Crippen molar-refractivity contribution in [3.8, 4) is 11.4 Å². The number of nitro benzene ring substituents is 1. The number of ketones is 1. The number of aromatic nitrogens is 3. The average Bonchev–Trinajstić information content (AvgIpc) is 3.14. The molecule has 0 spiro atoms. The summed E-state index contributed by atoms with van der Waals surface area (Å²) in [6, 6.07) is 10.7. The summed E-state index contributed by atoms with van der Waals surface area (Å²) in [7, 11) is 0. The molecule has 1 aromatic heterocycles. The maximum Gasteiger partial charge on any atom is 0.269 e. The number of nitro groups is 1. The summed E-state index contributed by atoms with van der Waals surface area (Å²) >= 11 is 12.4. The van der Waals surface area contributed by atoms with Gasteiger partial charge < -0.3 is 5.32 Å². The van der Waals surface area contributed by atoms with Crippen LogP contribution in [0.2, 0.25) is 10.0 Å². The number of benzene rings is 2. The molecule has 0 fully saturated rings. The quantitative estimate of drug-likeness (QED) is 0.371. The maximum atomic E-state index is 13.3. The van der Waals surface area contributed by atoms with Gasteiger partial charge in [0.1, 0.15) is 6.04 Å². The first kappa shape index (κ1) is 21.6. The Hall–Kier alpha value is -3.23. The summed E-state index contributed by atoms with van der Waals surface area (Å²) in [5.74, 6) is 0.880. The van der Waals surface area contributed by atoms with Crippen LogP contribution in [0, 0.1) is 15.5 Å². The molecule has 0 saturated carbocycles. The smallest absolute Gasteiger partial charge is 0.269 e. The number of carbonyl (C=O) groups excluding carboxylic acids is 1. The molecule has 33 heavy (non-hydrogen) atoms. The first-order valence-electron chi connectivity index (χ1n) is 10.3. The van der Waals surface area contributed by atoms with Crippen molar-refractivity contribution < 1.29 is 9.72 Å². The Bertz CT molecular complexity index is 1340. The van der Waals surface area contributed by atoms with Gasteiger partial charge in [0.05, 0.1) is 9.95 Å². The zero-order chi connectivity index (χ0) is 23.5. The third-order valence-corrected chi connectivity index (χ3v) is 6.47. The monoisotopic (exact) mass is 483 g/mol. The molecule has 3 aromatic rings. The van der Waals surface area contributed by atoms with E-state index in [0.717, 1.165) is 5.70 Å². The number of fused-ring (bicyclic) bond motifs is 1. The molecule has 0 amide bonds. The largest absolute Gasteiger partial charge is 0.328 e. The Kier molecular flexibility index (Phi) is 5.02. The van der Waals surface area contributed by atoms with Crippen LogP contribution in [0.3, 0.4) is 0 Å². The summed E-state index contributed by atoms with van der Waals surface area (Å²) in [6.07, 6.45) is 1.07. The van der Waals surface area contributed by atoms with Gasteiger partial charge in [-0.2, -0.15) is 4.98 Å². The first-order chi connectivity index (χ1) is 15.6. The number of non-ortho nitro benzene ring substituents is 1. The highest BCUT2D eigenvalue weighted by molar-refractivity contribution is 6.36. The van der Waals surface area contributed by atoms with Crippen LogP contribution in [0.5, 0.6) is 0 Å². The van der Waals surface area contributed by atoms with Gasteiger partial charge in [0.25, 0.3) is 5.69 Å². The van der Waals surface area contributed by atoms with E-state index in [2.05, 4.69) is 29.2 Å². The predicted octanol–water partition coefficient (Wildman–Crippen LogP) is 5.82. The van der Waals surface area contributed by atoms with Crippen molar-refractivity contribution in [2.75, 3.05) is 5.32 Å². The Morgan fingerprint density at radius 3 is 2.55 bits per heavy atom. The van der Waals surface area contributed by atoms with Crippen LogP contribution in [-0.2, 0) is 4.79 Å². The van der Waals surface area contributed by atoms with E-state index in [1.807, 2.05) is 0 Å². The van der Waals surface area contributed by atoms with E-state index in [9.17, 15) is 14.9 Å². The summed E-state index contributed by atoms with van der Waals surface area (Å²) in [6.45, 7) is 4.10. The van der Waals surface area contributed by atoms with E-state index in [0.29, 0.717) is 51.4 Å². The van der Waals surface area contributed by atoms with Crippen LogP contribution in [0.25, 0.3) is 11.4 Å². The molecule has 0 saturated heterocycles. The Labute approximate surface area is 199 Å². The van der Waals surface area contributed by atoms with Crippen LogP contribution < -0.4 is 5.32 Å². The van der Waals surface area contributed by atoms with Gasteiger partial charge in [-0.15, -0.1) is 5.10 Å². The van der Waals surface area contributed by atoms with Crippen LogP contribution in [0.1, 0.15) is 38.3 Å². The molecule has 2 aliphatic rings. The van der Waals surface area contributed by atoms with Crippen LogP contribution in [-0.4, -0.2) is 25.5 Å². The third kappa shape index (κ3) is 3.79. The van der Waals surface area contributed by atoms with E-state index in [1.165, 1.54) is 12.1 Å². The standard InChI is InChI=1S/C23H19Cl2N5O3/c1-23(2)10-17-19(18(31)11-23)20(12-3-6-14(7-4-12)30(32)33)29-22(26-17)27-21(28-29)15-8-5-13(24)9-16(15)25/h3-9,20H,10-11H2,1-2H3,(H,26,27,28). The molecule has 1 aliphatic carbocycles. The molecule has 1 atom stereocenters. The Balaban J connectivity index is 1.67. The van der Waals surface area contributed by atoms with Crippen molar-refractivity contribution in [2.45, 2.75) is 32.7 Å². The highest BCUT2D eigenvalue weighted by Crippen LogP contribution is 2.46. The van der Waals surface area contributed by atoms with Crippen molar-refractivity contribution in [3.05, 3.63) is 79.5 Å². The molecule has 5 rings (SSSR count). The van der Waals surface area contributed by atoms with Gasteiger partial charge in [-0.1, -0.05) is 37.0 Å². The molecule has 0 bridgehead atoms. The molecule has 168 valence electrons. The van der Waals surface area contributed by atoms with Crippen LogP contribution >= 0.6 is 23.2 Å². The van der Waals surface area contributed by atoms with Gasteiger partial charge in [0.2, 0.25) is 5.95 Å². The fourth-order valence-corrected chi connectivity index (χ4v) is 4.97. The summed E-state index contributed by atoms with van der Waals surface area (Å²) in [5, 5.41) is 20.0. The van der Waals surface area contributed by atoms with Crippen molar-refractivity contribution in [1.82, 2.24) is 14.8 Å². The lowest BCUT2D eigenvalue weighted by Gasteiger charge is -2.38. The van der Waals surface area contributed by atoms with Crippen molar-refractivity contribution in [2.24, 2.45) is 5.41 Å². The van der Waals surface area contributed by atoms with E-state index >= 15 is 0 Å². The highest BCUT2D eigenvalue weighted by Gasteiger charge is 2.42. The molecule has 8 nitrogen and oxygen atoms in total. The number of hydrogen-bond donors (Lipinski definition) is 1. The van der Waals surface area contributed by atoms with Gasteiger partial charge >= 0.3 is 0 Å². The number of rotatable bonds is 3. The number of carbonyl (C=O) groups is 1. The topological polar surface area (TPSA) is 103 Å². The average molecular weight is 484 g/mol. The minimum Gasteiger partial charge on any atom is -0.328 e. The predicted molar refractivity (Wildman–Crippen MR) is 125 cm³/mol. The number of nitrogens with one attached hydrogen (secondary N) is 1. The summed E-state index contributed by atoms with van der Waals surface area (Å²) in [5.41, 5.74) is 2.50. The number of hydrogen-bond acceptors (Lipinski definition) is 6. The zero-order valence-electron chi connectivity index (χ0n) is 17.8. The minimum absolute atomic E-state index is 0.0179. The Morgan fingerprint density at radius 2 is 1.88 bits per heavy atom. The van der Waals surface area contributed by atoms with Crippen molar-refractivity contribution in [1.29, 1.82) is 0 Å².